The molecule has 1 spiro atoms. The maximum absolute atomic E-state index is 2.53. The van der Waals surface area contributed by atoms with Gasteiger partial charge in [-0.05, 0) is 208 Å². The van der Waals surface area contributed by atoms with Gasteiger partial charge in [0, 0.05) is 49.2 Å². The van der Waals surface area contributed by atoms with Crippen LogP contribution in [0.3, 0.4) is 0 Å². The Bertz CT molecular complexity index is 5200. The highest BCUT2D eigenvalue weighted by Crippen LogP contribution is 2.58. The van der Waals surface area contributed by atoms with Gasteiger partial charge in [-0.3, -0.25) is 0 Å². The first kappa shape index (κ1) is 50.6. The van der Waals surface area contributed by atoms with Crippen molar-refractivity contribution in [1.82, 2.24) is 9.13 Å². The molecule has 89 heavy (non-hydrogen) atoms. The number of para-hydroxylation sites is 2. The van der Waals surface area contributed by atoms with Crippen molar-refractivity contribution < 1.29 is 0 Å². The van der Waals surface area contributed by atoms with Gasteiger partial charge < -0.3 is 9.13 Å². The molecule has 0 amide bonds. The predicted molar refractivity (Wildman–Crippen MR) is 372 cm³/mol. The smallest absolute Gasteiger partial charge is 0.0541 e. The van der Waals surface area contributed by atoms with Crippen LogP contribution in [-0.4, -0.2) is 9.13 Å². The van der Waals surface area contributed by atoms with Crippen LogP contribution in [0.2, 0.25) is 0 Å². The van der Waals surface area contributed by atoms with Crippen molar-refractivity contribution in [2.24, 2.45) is 0 Å². The van der Waals surface area contributed by atoms with Gasteiger partial charge in [-0.2, -0.15) is 0 Å². The van der Waals surface area contributed by atoms with Gasteiger partial charge in [0.2, 0.25) is 0 Å². The fourth-order valence-corrected chi connectivity index (χ4v) is 17.1. The molecule has 0 radical (unpaired) electrons. The van der Waals surface area contributed by atoms with Crippen LogP contribution in [0.4, 0.5) is 0 Å². The SMILES string of the molecule is CC1(C)c2ccccc2-c2ccc(-n3c4ccccc4c4cc(-c5ccc(-c6ccc7c(c6)C6(Cc8ccccc8C6)c6cc(-c8ccc(-c9ccc%10c(c9)c9ccccc9n%10-c9ccc%10c(c9)C(C)(C)c9ccccc9-%10)cc8)ccc6-7)cc5)ccc43)cc21. The first-order valence-electron chi connectivity index (χ1n) is 31.7. The molecule has 0 fully saturated rings. The van der Waals surface area contributed by atoms with E-state index in [4.69, 9.17) is 0 Å². The van der Waals surface area contributed by atoms with Gasteiger partial charge in [-0.25, -0.2) is 0 Å². The van der Waals surface area contributed by atoms with Crippen LogP contribution in [0.1, 0.15) is 72.2 Å². The molecule has 2 heteroatoms. The molecule has 13 aromatic carbocycles. The van der Waals surface area contributed by atoms with Gasteiger partial charge in [0.1, 0.15) is 0 Å². The Kier molecular flexibility index (Phi) is 10.4. The zero-order chi connectivity index (χ0) is 59.1. The molecular formula is C87H62N2. The standard InChI is InChI=1S/C87H62N2/c1-85(2)75-21-11-7-17-65(75)67-41-37-63(49-77(67)85)88-81-23-13-9-19-71(81)73-45-57(35-43-83(73)88)53-25-29-55(30-26-53)59-33-39-69-70-40-34-60(48-80(70)87(79(69)47-59)51-61-15-5-6-16-62(61)52-87)56-31-27-54(28-32-56)58-36-44-84-74(46-58)72-20-10-14-24-82(72)89(84)64-38-42-68-66-18-8-12-22-76(66)86(3,4)78(68)50-64/h5-50H,51-52H2,1-4H3. The van der Waals surface area contributed by atoms with Gasteiger partial charge in [0.15, 0.2) is 0 Å². The van der Waals surface area contributed by atoms with Crippen LogP contribution in [-0.2, 0) is 29.1 Å². The van der Waals surface area contributed by atoms with Gasteiger partial charge in [0.25, 0.3) is 0 Å². The second-order valence-electron chi connectivity index (χ2n) is 26.8. The van der Waals surface area contributed by atoms with Crippen LogP contribution in [0.5, 0.6) is 0 Å². The Balaban J connectivity index is 0.632. The topological polar surface area (TPSA) is 9.86 Å². The van der Waals surface area contributed by atoms with Crippen molar-refractivity contribution in [1.29, 1.82) is 0 Å². The highest BCUT2D eigenvalue weighted by molar-refractivity contribution is 6.12. The summed E-state index contributed by atoms with van der Waals surface area (Å²) >= 11 is 0. The fourth-order valence-electron chi connectivity index (χ4n) is 17.1. The molecule has 2 heterocycles. The summed E-state index contributed by atoms with van der Waals surface area (Å²) in [4.78, 5) is 0. The third-order valence-electron chi connectivity index (χ3n) is 21.6. The van der Waals surface area contributed by atoms with Crippen LogP contribution in [0.15, 0.2) is 279 Å². The molecular weight excluding hydrogens is 1070 g/mol. The van der Waals surface area contributed by atoms with Crippen LogP contribution in [0.25, 0.3) is 133 Å². The summed E-state index contributed by atoms with van der Waals surface area (Å²) in [6, 6.07) is 106. The number of aromatic nitrogens is 2. The maximum Gasteiger partial charge on any atom is 0.0541 e. The summed E-state index contributed by atoms with van der Waals surface area (Å²) in [5.41, 5.74) is 36.3. The van der Waals surface area contributed by atoms with E-state index >= 15 is 0 Å². The van der Waals surface area contributed by atoms with Crippen LogP contribution < -0.4 is 0 Å². The van der Waals surface area contributed by atoms with Gasteiger partial charge in [0.05, 0.1) is 22.1 Å². The number of rotatable bonds is 6. The molecule has 4 aliphatic rings. The molecule has 0 atom stereocenters. The zero-order valence-corrected chi connectivity index (χ0v) is 50.4. The lowest BCUT2D eigenvalue weighted by Crippen LogP contribution is -2.26. The third kappa shape index (κ3) is 7.14. The largest absolute Gasteiger partial charge is 0.309 e. The number of benzene rings is 13. The average Bonchev–Trinajstić information content (AvgIpc) is 1.57. The minimum absolute atomic E-state index is 0.0720. The number of hydrogen-bond donors (Lipinski definition) is 0. The molecule has 420 valence electrons. The normalized spacial score (nSPS) is 14.9. The second kappa shape index (κ2) is 18.3. The number of fused-ring (bicyclic) bond motifs is 18. The fraction of sp³-hybridized carbons (Fsp3) is 0.103. The first-order chi connectivity index (χ1) is 43.6. The van der Waals surface area contributed by atoms with E-state index in [0.29, 0.717) is 0 Å². The molecule has 4 aliphatic carbocycles. The Hall–Kier alpha value is -10.5. The molecule has 2 nitrogen and oxygen atoms in total. The van der Waals surface area contributed by atoms with E-state index in [1.54, 1.807) is 0 Å². The second-order valence-corrected chi connectivity index (χ2v) is 26.8. The number of hydrogen-bond acceptors (Lipinski definition) is 0. The molecule has 0 N–H and O–H groups in total. The molecule has 0 saturated heterocycles. The van der Waals surface area contributed by atoms with Crippen molar-refractivity contribution in [2.75, 3.05) is 0 Å². The summed E-state index contributed by atoms with van der Waals surface area (Å²) in [7, 11) is 0. The summed E-state index contributed by atoms with van der Waals surface area (Å²) in [5, 5.41) is 5.07. The van der Waals surface area contributed by atoms with E-state index in [0.717, 1.165) is 12.8 Å². The Morgan fingerprint density at radius 2 is 0.551 bits per heavy atom. The molecule has 15 aromatic rings. The minimum Gasteiger partial charge on any atom is -0.309 e. The van der Waals surface area contributed by atoms with E-state index < -0.39 is 0 Å². The van der Waals surface area contributed by atoms with Crippen molar-refractivity contribution in [3.63, 3.8) is 0 Å². The summed E-state index contributed by atoms with van der Waals surface area (Å²) in [6.07, 6.45) is 1.98. The summed E-state index contributed by atoms with van der Waals surface area (Å²) in [5.74, 6) is 0. The molecule has 0 aliphatic heterocycles. The lowest BCUT2D eigenvalue weighted by Gasteiger charge is -2.27. The predicted octanol–water partition coefficient (Wildman–Crippen LogP) is 22.2. The minimum atomic E-state index is -0.161. The van der Waals surface area contributed by atoms with Crippen molar-refractivity contribution in [3.8, 4) is 89.3 Å². The molecule has 0 bridgehead atoms. The van der Waals surface area contributed by atoms with E-state index in [-0.39, 0.29) is 16.2 Å². The highest BCUT2D eigenvalue weighted by atomic mass is 15.0. The van der Waals surface area contributed by atoms with Crippen LogP contribution >= 0.6 is 0 Å². The van der Waals surface area contributed by atoms with Gasteiger partial charge in [-0.15, -0.1) is 0 Å². The lowest BCUT2D eigenvalue weighted by atomic mass is 9.74. The first-order valence-corrected chi connectivity index (χ1v) is 31.7. The third-order valence-corrected chi connectivity index (χ3v) is 21.6. The van der Waals surface area contributed by atoms with Crippen molar-refractivity contribution in [3.05, 3.63) is 324 Å². The van der Waals surface area contributed by atoms with E-state index in [1.165, 1.54) is 177 Å². The Labute approximate surface area is 519 Å². The Morgan fingerprint density at radius 1 is 0.236 bits per heavy atom. The van der Waals surface area contributed by atoms with E-state index in [2.05, 4.69) is 316 Å². The van der Waals surface area contributed by atoms with Crippen LogP contribution in [0, 0.1) is 0 Å². The van der Waals surface area contributed by atoms with Gasteiger partial charge in [-0.1, -0.05) is 234 Å². The number of nitrogens with zero attached hydrogens (tertiary/aromatic N) is 2. The highest BCUT2D eigenvalue weighted by Gasteiger charge is 2.47. The lowest BCUT2D eigenvalue weighted by molar-refractivity contribution is 0.564. The molecule has 19 rings (SSSR count). The van der Waals surface area contributed by atoms with Crippen molar-refractivity contribution in [2.45, 2.75) is 56.8 Å². The molecule has 2 aromatic heterocycles. The van der Waals surface area contributed by atoms with E-state index in [9.17, 15) is 0 Å². The monoisotopic (exact) mass is 1130 g/mol. The maximum atomic E-state index is 2.53. The molecule has 0 unspecified atom stereocenters. The average molecular weight is 1140 g/mol. The summed E-state index contributed by atoms with van der Waals surface area (Å²) < 4.78 is 4.93. The Morgan fingerprint density at radius 3 is 0.989 bits per heavy atom. The zero-order valence-electron chi connectivity index (χ0n) is 50.4. The summed E-state index contributed by atoms with van der Waals surface area (Å²) in [6.45, 7) is 9.47. The van der Waals surface area contributed by atoms with Crippen molar-refractivity contribution >= 4 is 43.6 Å². The van der Waals surface area contributed by atoms with Gasteiger partial charge >= 0.3 is 0 Å². The molecule has 0 saturated carbocycles. The van der Waals surface area contributed by atoms with E-state index in [1.807, 2.05) is 0 Å². The quantitative estimate of drug-likeness (QED) is 0.157.